The first kappa shape index (κ1) is 26.3. The SMILES string of the molecule is C#Cc1ccc(C#CCN2C3CC2CN(c2ccc(-c4cc(OCC(C)(C)O)cn5ncc(C#N)c45)cn2)C3)nc1. The Bertz CT molecular complexity index is 1720. The van der Waals surface area contributed by atoms with Crippen LogP contribution in [-0.2, 0) is 0 Å². The van der Waals surface area contributed by atoms with Gasteiger partial charge in [-0.15, -0.1) is 6.42 Å². The van der Waals surface area contributed by atoms with E-state index in [0.29, 0.717) is 35.5 Å². The number of aromatic nitrogens is 4. The molecule has 4 aromatic heterocycles. The third kappa shape index (κ3) is 5.44. The molecule has 0 aromatic carbocycles. The molecule has 2 unspecified atom stereocenters. The zero-order valence-electron chi connectivity index (χ0n) is 22.9. The number of aliphatic hydroxyl groups is 1. The van der Waals surface area contributed by atoms with E-state index in [0.717, 1.165) is 41.3 Å². The summed E-state index contributed by atoms with van der Waals surface area (Å²) in [5.41, 5.74) is 3.30. The van der Waals surface area contributed by atoms with Crippen molar-refractivity contribution in [3.05, 3.63) is 71.9 Å². The smallest absolute Gasteiger partial charge is 0.138 e. The topological polar surface area (TPSA) is 103 Å². The van der Waals surface area contributed by atoms with Crippen LogP contribution in [0.5, 0.6) is 5.75 Å². The van der Waals surface area contributed by atoms with Crippen LogP contribution in [0, 0.1) is 35.5 Å². The van der Waals surface area contributed by atoms with Crippen LogP contribution in [0.1, 0.15) is 37.1 Å². The number of fused-ring (bicyclic) bond motifs is 3. The largest absolute Gasteiger partial charge is 0.489 e. The number of ether oxygens (including phenoxy) is 1. The molecule has 4 aromatic rings. The second-order valence-electron chi connectivity index (χ2n) is 11.1. The molecule has 3 aliphatic heterocycles. The van der Waals surface area contributed by atoms with Gasteiger partial charge in [0, 0.05) is 54.3 Å². The van der Waals surface area contributed by atoms with Crippen LogP contribution >= 0.6 is 0 Å². The fourth-order valence-corrected chi connectivity index (χ4v) is 5.38. The predicted octanol–water partition coefficient (Wildman–Crippen LogP) is 3.11. The zero-order valence-corrected chi connectivity index (χ0v) is 22.9. The van der Waals surface area contributed by atoms with Crippen molar-refractivity contribution in [1.82, 2.24) is 24.5 Å². The number of hydrogen-bond donors (Lipinski definition) is 1. The number of hydrogen-bond acceptors (Lipinski definition) is 8. The minimum absolute atomic E-state index is 0.123. The monoisotopic (exact) mass is 543 g/mol. The minimum Gasteiger partial charge on any atom is -0.489 e. The van der Waals surface area contributed by atoms with Crippen LogP contribution in [-0.4, -0.2) is 73.5 Å². The first-order valence-electron chi connectivity index (χ1n) is 13.5. The van der Waals surface area contributed by atoms with Crippen LogP contribution in [0.15, 0.2) is 55.1 Å². The molecule has 3 fully saturated rings. The average molecular weight is 544 g/mol. The number of anilines is 1. The van der Waals surface area contributed by atoms with E-state index in [1.807, 2.05) is 36.5 Å². The van der Waals surface area contributed by atoms with Crippen molar-refractivity contribution < 1.29 is 9.84 Å². The first-order chi connectivity index (χ1) is 19.8. The molecule has 7 heterocycles. The van der Waals surface area contributed by atoms with E-state index < -0.39 is 5.60 Å². The summed E-state index contributed by atoms with van der Waals surface area (Å²) in [5.74, 6) is 10.4. The van der Waals surface area contributed by atoms with Crippen molar-refractivity contribution >= 4 is 11.3 Å². The van der Waals surface area contributed by atoms with E-state index >= 15 is 0 Å². The molecule has 0 aliphatic carbocycles. The van der Waals surface area contributed by atoms with Crippen molar-refractivity contribution in [2.45, 2.75) is 38.0 Å². The molecule has 3 saturated heterocycles. The van der Waals surface area contributed by atoms with Crippen molar-refractivity contribution in [1.29, 1.82) is 5.26 Å². The summed E-state index contributed by atoms with van der Waals surface area (Å²) >= 11 is 0. The van der Waals surface area contributed by atoms with Gasteiger partial charge >= 0.3 is 0 Å². The summed E-state index contributed by atoms with van der Waals surface area (Å²) in [6.45, 7) is 6.00. The highest BCUT2D eigenvalue weighted by Gasteiger charge is 2.44. The number of piperazine rings is 1. The molecule has 1 N–H and O–H groups in total. The molecule has 41 heavy (non-hydrogen) atoms. The molecule has 9 heteroatoms. The van der Waals surface area contributed by atoms with Crippen LogP contribution < -0.4 is 9.64 Å². The van der Waals surface area contributed by atoms with Gasteiger partial charge < -0.3 is 14.7 Å². The molecule has 0 amide bonds. The van der Waals surface area contributed by atoms with Gasteiger partial charge in [-0.25, -0.2) is 14.5 Å². The molecule has 2 atom stereocenters. The summed E-state index contributed by atoms with van der Waals surface area (Å²) in [6.07, 6.45) is 13.3. The lowest BCUT2D eigenvalue weighted by Crippen LogP contribution is -2.68. The number of pyridine rings is 3. The summed E-state index contributed by atoms with van der Waals surface area (Å²) < 4.78 is 7.48. The van der Waals surface area contributed by atoms with Crippen LogP contribution in [0.3, 0.4) is 0 Å². The highest BCUT2D eigenvalue weighted by atomic mass is 16.5. The van der Waals surface area contributed by atoms with Gasteiger partial charge in [0.15, 0.2) is 0 Å². The van der Waals surface area contributed by atoms with Gasteiger partial charge in [-0.3, -0.25) is 4.90 Å². The van der Waals surface area contributed by atoms with Crippen molar-refractivity contribution in [3.63, 3.8) is 0 Å². The molecule has 3 aliphatic rings. The maximum atomic E-state index is 10.1. The summed E-state index contributed by atoms with van der Waals surface area (Å²) in [5, 5.41) is 24.1. The third-order valence-electron chi connectivity index (χ3n) is 7.43. The van der Waals surface area contributed by atoms with E-state index in [2.05, 4.69) is 43.7 Å². The van der Waals surface area contributed by atoms with Gasteiger partial charge in [0.25, 0.3) is 0 Å². The summed E-state index contributed by atoms with van der Waals surface area (Å²) in [7, 11) is 0. The lowest BCUT2D eigenvalue weighted by Gasteiger charge is -2.56. The Kier molecular flexibility index (Phi) is 6.81. The van der Waals surface area contributed by atoms with E-state index in [-0.39, 0.29) is 6.61 Å². The number of terminal acetylenes is 1. The Hall–Kier alpha value is -4.88. The lowest BCUT2D eigenvalue weighted by atomic mass is 9.87. The van der Waals surface area contributed by atoms with E-state index in [9.17, 15) is 10.4 Å². The predicted molar refractivity (Wildman–Crippen MR) is 155 cm³/mol. The normalized spacial score (nSPS) is 18.1. The van der Waals surface area contributed by atoms with E-state index in [4.69, 9.17) is 16.1 Å². The van der Waals surface area contributed by atoms with Gasteiger partial charge in [-0.1, -0.05) is 11.8 Å². The first-order valence-corrected chi connectivity index (χ1v) is 13.5. The van der Waals surface area contributed by atoms with Crippen LogP contribution in [0.4, 0.5) is 5.82 Å². The van der Waals surface area contributed by atoms with E-state index in [1.54, 1.807) is 37.0 Å². The molecule has 2 bridgehead atoms. The third-order valence-corrected chi connectivity index (χ3v) is 7.43. The van der Waals surface area contributed by atoms with Crippen LogP contribution in [0.2, 0.25) is 0 Å². The van der Waals surface area contributed by atoms with Gasteiger partial charge in [0.1, 0.15) is 29.9 Å². The van der Waals surface area contributed by atoms with Crippen molar-refractivity contribution in [2.75, 3.05) is 31.1 Å². The fraction of sp³-hybridized carbons (Fsp3) is 0.312. The molecule has 204 valence electrons. The molecule has 0 saturated carbocycles. The Morgan fingerprint density at radius 1 is 1.12 bits per heavy atom. The zero-order chi connectivity index (χ0) is 28.6. The summed E-state index contributed by atoms with van der Waals surface area (Å²) in [6, 6.07) is 12.7. The number of nitrogens with zero attached hydrogens (tertiary/aromatic N) is 7. The molecular formula is C32H29N7O2. The molecule has 0 spiro atoms. The Labute approximate surface area is 239 Å². The quantitative estimate of drug-likeness (QED) is 0.370. The molecule has 9 nitrogen and oxygen atoms in total. The molecular weight excluding hydrogens is 514 g/mol. The highest BCUT2D eigenvalue weighted by molar-refractivity contribution is 5.85. The standard InChI is InChI=1S/C32H29N7O2/c1-4-22-7-9-25(34-15-22)6-5-11-38-26-12-27(38)19-37(18-26)30-10-8-23(16-35-30)29-13-28(41-21-32(2,3)40)20-39-31(29)24(14-33)17-36-39/h1,7-10,13,15-17,20,26-27,40H,11-12,18-19,21H2,2-3H3. The van der Waals surface area contributed by atoms with Crippen molar-refractivity contribution in [3.8, 4) is 47.1 Å². The van der Waals surface area contributed by atoms with E-state index in [1.165, 1.54) is 6.42 Å². The highest BCUT2D eigenvalue weighted by Crippen LogP contribution is 2.35. The van der Waals surface area contributed by atoms with Crippen molar-refractivity contribution in [2.24, 2.45) is 0 Å². The van der Waals surface area contributed by atoms with Gasteiger partial charge in [0.05, 0.1) is 35.6 Å². The van der Waals surface area contributed by atoms with Gasteiger partial charge in [0.2, 0.25) is 0 Å². The van der Waals surface area contributed by atoms with Crippen LogP contribution in [0.25, 0.3) is 16.6 Å². The second kappa shape index (κ2) is 10.6. The van der Waals surface area contributed by atoms with Gasteiger partial charge in [-0.05, 0) is 56.5 Å². The number of rotatable bonds is 6. The summed E-state index contributed by atoms with van der Waals surface area (Å²) in [4.78, 5) is 13.9. The fourth-order valence-electron chi connectivity index (χ4n) is 5.38. The number of piperidine rings is 1. The Morgan fingerprint density at radius 3 is 2.61 bits per heavy atom. The minimum atomic E-state index is -0.983. The molecule has 0 radical (unpaired) electrons. The van der Waals surface area contributed by atoms with Gasteiger partial charge in [-0.2, -0.15) is 10.4 Å². The maximum absolute atomic E-state index is 10.1. The average Bonchev–Trinajstić information content (AvgIpc) is 3.41. The Balaban J connectivity index is 1.15. The molecule has 7 rings (SSSR count). The lowest BCUT2D eigenvalue weighted by molar-refractivity contribution is 0.0125. The Morgan fingerprint density at radius 2 is 1.95 bits per heavy atom. The second-order valence-corrected chi connectivity index (χ2v) is 11.1. The maximum Gasteiger partial charge on any atom is 0.138 e. The number of nitriles is 1.